The van der Waals surface area contributed by atoms with Crippen LogP contribution in [0.25, 0.3) is 0 Å². The van der Waals surface area contributed by atoms with Gasteiger partial charge in [-0.25, -0.2) is 0 Å². The zero-order chi connectivity index (χ0) is 12.5. The molecule has 1 aromatic carbocycles. The van der Waals surface area contributed by atoms with Crippen molar-refractivity contribution in [3.63, 3.8) is 0 Å². The highest BCUT2D eigenvalue weighted by molar-refractivity contribution is 5.47. The molecule has 0 atom stereocenters. The molecule has 0 fully saturated rings. The van der Waals surface area contributed by atoms with Gasteiger partial charge in [-0.15, -0.1) is 0 Å². The normalized spacial score (nSPS) is 10.5. The Morgan fingerprint density at radius 1 is 1.06 bits per heavy atom. The van der Waals surface area contributed by atoms with Crippen LogP contribution in [0.2, 0.25) is 0 Å². The van der Waals surface area contributed by atoms with Crippen molar-refractivity contribution >= 4 is 5.69 Å². The summed E-state index contributed by atoms with van der Waals surface area (Å²) in [5.41, 5.74) is 3.88. The van der Waals surface area contributed by atoms with Gasteiger partial charge in [0.25, 0.3) is 0 Å². The Morgan fingerprint density at radius 3 is 2.59 bits per heavy atom. The van der Waals surface area contributed by atoms with Crippen molar-refractivity contribution in [3.05, 3.63) is 29.3 Å². The maximum atomic E-state index is 4.99. The molecule has 0 radical (unpaired) electrons. The average Bonchev–Trinajstić information content (AvgIpc) is 2.32. The monoisotopic (exact) mass is 236 g/mol. The van der Waals surface area contributed by atoms with Crippen LogP contribution in [-0.4, -0.2) is 33.4 Å². The van der Waals surface area contributed by atoms with E-state index >= 15 is 0 Å². The maximum Gasteiger partial charge on any atom is 0.0474 e. The van der Waals surface area contributed by atoms with Crippen LogP contribution in [0.4, 0.5) is 5.69 Å². The van der Waals surface area contributed by atoms with E-state index in [1.807, 2.05) is 0 Å². The Balaban J connectivity index is 2.11. The largest absolute Gasteiger partial charge is 0.385 e. The van der Waals surface area contributed by atoms with Crippen LogP contribution in [0.1, 0.15) is 17.5 Å². The molecule has 3 nitrogen and oxygen atoms in total. The smallest absolute Gasteiger partial charge is 0.0474 e. The first-order valence-electron chi connectivity index (χ1n) is 6.25. The third kappa shape index (κ3) is 5.71. The van der Waals surface area contributed by atoms with E-state index < -0.39 is 0 Å². The molecule has 0 spiro atoms. The Hall–Kier alpha value is -1.06. The SMILES string of the molecule is COCCCNCCNc1ccc(C)c(C)c1. The lowest BCUT2D eigenvalue weighted by Gasteiger charge is -2.09. The zero-order valence-corrected chi connectivity index (χ0v) is 11.2. The van der Waals surface area contributed by atoms with Crippen LogP contribution in [0.5, 0.6) is 0 Å². The predicted octanol–water partition coefficient (Wildman–Crippen LogP) is 2.34. The highest BCUT2D eigenvalue weighted by atomic mass is 16.5. The minimum Gasteiger partial charge on any atom is -0.385 e. The van der Waals surface area contributed by atoms with Gasteiger partial charge in [-0.05, 0) is 50.1 Å². The quantitative estimate of drug-likeness (QED) is 0.680. The predicted molar refractivity (Wildman–Crippen MR) is 73.8 cm³/mol. The van der Waals surface area contributed by atoms with Crippen LogP contribution >= 0.6 is 0 Å². The Bertz CT molecular complexity index is 326. The molecule has 0 heterocycles. The van der Waals surface area contributed by atoms with E-state index in [4.69, 9.17) is 4.74 Å². The van der Waals surface area contributed by atoms with E-state index in [9.17, 15) is 0 Å². The summed E-state index contributed by atoms with van der Waals surface area (Å²) in [6, 6.07) is 6.48. The lowest BCUT2D eigenvalue weighted by atomic mass is 10.1. The maximum absolute atomic E-state index is 4.99. The van der Waals surface area contributed by atoms with E-state index in [1.54, 1.807) is 7.11 Å². The molecule has 1 rings (SSSR count). The first-order chi connectivity index (χ1) is 8.24. The molecule has 0 aliphatic carbocycles. The van der Waals surface area contributed by atoms with Crippen LogP contribution in [0.15, 0.2) is 18.2 Å². The van der Waals surface area contributed by atoms with Gasteiger partial charge in [0.1, 0.15) is 0 Å². The number of anilines is 1. The van der Waals surface area contributed by atoms with Crippen LogP contribution in [0, 0.1) is 13.8 Å². The molecule has 96 valence electrons. The summed E-state index contributed by atoms with van der Waals surface area (Å²) >= 11 is 0. The molecule has 0 unspecified atom stereocenters. The lowest BCUT2D eigenvalue weighted by molar-refractivity contribution is 0.194. The second-order valence-electron chi connectivity index (χ2n) is 4.32. The number of methoxy groups -OCH3 is 1. The van der Waals surface area contributed by atoms with Gasteiger partial charge in [0.05, 0.1) is 0 Å². The highest BCUT2D eigenvalue weighted by Gasteiger charge is 1.95. The standard InChI is InChI=1S/C14H24N2O/c1-12-5-6-14(11-13(12)2)16-9-8-15-7-4-10-17-3/h5-6,11,15-16H,4,7-10H2,1-3H3. The van der Waals surface area contributed by atoms with Crippen LogP contribution < -0.4 is 10.6 Å². The lowest BCUT2D eigenvalue weighted by Crippen LogP contribution is -2.23. The summed E-state index contributed by atoms with van der Waals surface area (Å²) in [4.78, 5) is 0. The average molecular weight is 236 g/mol. The van der Waals surface area contributed by atoms with Crippen molar-refractivity contribution in [3.8, 4) is 0 Å². The highest BCUT2D eigenvalue weighted by Crippen LogP contribution is 2.13. The van der Waals surface area contributed by atoms with E-state index in [0.29, 0.717) is 0 Å². The topological polar surface area (TPSA) is 33.3 Å². The number of aryl methyl sites for hydroxylation is 2. The zero-order valence-electron chi connectivity index (χ0n) is 11.2. The molecule has 1 aromatic rings. The third-order valence-electron chi connectivity index (χ3n) is 2.84. The summed E-state index contributed by atoms with van der Waals surface area (Å²) in [7, 11) is 1.74. The molecule has 0 aliphatic heterocycles. The van der Waals surface area contributed by atoms with Gasteiger partial charge in [-0.2, -0.15) is 0 Å². The second-order valence-corrected chi connectivity index (χ2v) is 4.32. The van der Waals surface area contributed by atoms with Gasteiger partial charge in [0.15, 0.2) is 0 Å². The van der Waals surface area contributed by atoms with Gasteiger partial charge >= 0.3 is 0 Å². The summed E-state index contributed by atoms with van der Waals surface area (Å²) in [6.07, 6.45) is 1.07. The molecule has 0 bridgehead atoms. The van der Waals surface area contributed by atoms with Gasteiger partial charge in [-0.3, -0.25) is 0 Å². The number of hydrogen-bond donors (Lipinski definition) is 2. The van der Waals surface area contributed by atoms with Crippen molar-refractivity contribution < 1.29 is 4.74 Å². The summed E-state index contributed by atoms with van der Waals surface area (Å²) < 4.78 is 4.99. The summed E-state index contributed by atoms with van der Waals surface area (Å²) in [5, 5.41) is 6.78. The minimum absolute atomic E-state index is 0.831. The third-order valence-corrected chi connectivity index (χ3v) is 2.84. The van der Waals surface area contributed by atoms with E-state index in [1.165, 1.54) is 16.8 Å². The van der Waals surface area contributed by atoms with Crippen LogP contribution in [-0.2, 0) is 4.74 Å². The van der Waals surface area contributed by atoms with Crippen molar-refractivity contribution in [1.82, 2.24) is 5.32 Å². The van der Waals surface area contributed by atoms with Crippen molar-refractivity contribution in [2.75, 3.05) is 38.7 Å². The Kier molecular flexibility index (Phi) is 6.67. The van der Waals surface area contributed by atoms with Crippen molar-refractivity contribution in [2.45, 2.75) is 20.3 Å². The fourth-order valence-corrected chi connectivity index (χ4v) is 1.61. The van der Waals surface area contributed by atoms with Gasteiger partial charge < -0.3 is 15.4 Å². The number of rotatable bonds is 8. The Labute approximate surface area is 105 Å². The second kappa shape index (κ2) is 8.09. The molecule has 3 heteroatoms. The summed E-state index contributed by atoms with van der Waals surface area (Å²) in [6.45, 7) is 8.06. The van der Waals surface area contributed by atoms with E-state index in [2.05, 4.69) is 42.7 Å². The van der Waals surface area contributed by atoms with E-state index in [-0.39, 0.29) is 0 Å². The fraction of sp³-hybridized carbons (Fsp3) is 0.571. The van der Waals surface area contributed by atoms with Crippen molar-refractivity contribution in [1.29, 1.82) is 0 Å². The molecule has 0 aliphatic rings. The Morgan fingerprint density at radius 2 is 1.88 bits per heavy atom. The van der Waals surface area contributed by atoms with Gasteiger partial charge in [0, 0.05) is 32.5 Å². The molecule has 0 aromatic heterocycles. The molecular weight excluding hydrogens is 212 g/mol. The molecule has 0 saturated carbocycles. The van der Waals surface area contributed by atoms with Gasteiger partial charge in [-0.1, -0.05) is 6.07 Å². The molecule has 0 saturated heterocycles. The first kappa shape index (κ1) is 14.0. The first-order valence-corrected chi connectivity index (χ1v) is 6.25. The van der Waals surface area contributed by atoms with Crippen LogP contribution in [0.3, 0.4) is 0 Å². The molecule has 17 heavy (non-hydrogen) atoms. The number of ether oxygens (including phenoxy) is 1. The number of benzene rings is 1. The molecule has 2 N–H and O–H groups in total. The summed E-state index contributed by atoms with van der Waals surface area (Å²) in [5.74, 6) is 0. The van der Waals surface area contributed by atoms with Gasteiger partial charge in [0.2, 0.25) is 0 Å². The molecular formula is C14H24N2O. The van der Waals surface area contributed by atoms with Crippen molar-refractivity contribution in [2.24, 2.45) is 0 Å². The minimum atomic E-state index is 0.831. The number of nitrogens with one attached hydrogen (secondary N) is 2. The fourth-order valence-electron chi connectivity index (χ4n) is 1.61. The van der Waals surface area contributed by atoms with E-state index in [0.717, 1.165) is 32.7 Å². The molecule has 0 amide bonds. The number of hydrogen-bond acceptors (Lipinski definition) is 3.